The number of rotatable bonds is 5. The topological polar surface area (TPSA) is 117 Å². The summed E-state index contributed by atoms with van der Waals surface area (Å²) in [5, 5.41) is 5.51. The van der Waals surface area contributed by atoms with Crippen LogP contribution in [0.1, 0.15) is 44.0 Å². The van der Waals surface area contributed by atoms with Crippen molar-refractivity contribution in [1.82, 2.24) is 19.6 Å². The molecule has 2 fully saturated rings. The van der Waals surface area contributed by atoms with E-state index in [9.17, 15) is 13.2 Å². The van der Waals surface area contributed by atoms with Gasteiger partial charge in [0, 0.05) is 35.9 Å². The van der Waals surface area contributed by atoms with Crippen LogP contribution in [0.25, 0.3) is 11.4 Å². The summed E-state index contributed by atoms with van der Waals surface area (Å²) in [5.41, 5.74) is 3.35. The number of aromatic nitrogens is 2. The molecule has 2 amide bonds. The van der Waals surface area contributed by atoms with Gasteiger partial charge in [0.2, 0.25) is 10.0 Å². The average molecular weight is 501 g/mol. The van der Waals surface area contributed by atoms with Gasteiger partial charge in [-0.25, -0.2) is 23.2 Å². The van der Waals surface area contributed by atoms with Crippen LogP contribution in [0.5, 0.6) is 0 Å². The average Bonchev–Trinajstić information content (AvgIpc) is 3.16. The van der Waals surface area contributed by atoms with Gasteiger partial charge in [0.25, 0.3) is 0 Å². The summed E-state index contributed by atoms with van der Waals surface area (Å²) in [7, 11) is -3.36. The van der Waals surface area contributed by atoms with Crippen molar-refractivity contribution < 1.29 is 17.9 Å². The summed E-state index contributed by atoms with van der Waals surface area (Å²) in [5.74, 6) is 1.44. The fourth-order valence-corrected chi connectivity index (χ4v) is 6.84. The van der Waals surface area contributed by atoms with E-state index >= 15 is 0 Å². The predicted molar refractivity (Wildman–Crippen MR) is 134 cm³/mol. The van der Waals surface area contributed by atoms with E-state index in [-0.39, 0.29) is 24.2 Å². The minimum Gasteiger partial charge on any atom is -0.377 e. The van der Waals surface area contributed by atoms with E-state index in [0.29, 0.717) is 37.7 Å². The molecule has 2 bridgehead atoms. The van der Waals surface area contributed by atoms with Crippen molar-refractivity contribution in [3.8, 4) is 11.4 Å². The van der Waals surface area contributed by atoms with E-state index in [1.807, 2.05) is 31.2 Å². The Balaban J connectivity index is 1.57. The monoisotopic (exact) mass is 500 g/mol. The standard InChI is InChI=1S/C24H32N6O4S/c1-4-25-24(31)26-17-7-5-16(6-8-17)22-27-21-19(23(28-22)29-11-12-34-14-15(29)2)13-18-9-10-20(21)30(18)35(3,32)33/h5-8,15,18,20H,4,9-14H2,1-3H3,(H2,25,26,31)/t15-,18-,20+/m0/s1. The highest BCUT2D eigenvalue weighted by Gasteiger charge is 2.47. The number of benzene rings is 1. The smallest absolute Gasteiger partial charge is 0.319 e. The first-order chi connectivity index (χ1) is 16.8. The lowest BCUT2D eigenvalue weighted by Crippen LogP contribution is -2.47. The summed E-state index contributed by atoms with van der Waals surface area (Å²) < 4.78 is 32.6. The van der Waals surface area contributed by atoms with Crippen LogP contribution in [0.2, 0.25) is 0 Å². The maximum absolute atomic E-state index is 12.6. The summed E-state index contributed by atoms with van der Waals surface area (Å²) in [6, 6.07) is 6.98. The highest BCUT2D eigenvalue weighted by molar-refractivity contribution is 7.88. The van der Waals surface area contributed by atoms with Crippen molar-refractivity contribution in [2.24, 2.45) is 0 Å². The number of fused-ring (bicyclic) bond motifs is 4. The van der Waals surface area contributed by atoms with E-state index in [0.717, 1.165) is 42.0 Å². The van der Waals surface area contributed by atoms with Crippen LogP contribution in [0.15, 0.2) is 24.3 Å². The lowest BCUT2D eigenvalue weighted by Gasteiger charge is -2.39. The number of anilines is 2. The Morgan fingerprint density at radius 2 is 1.97 bits per heavy atom. The van der Waals surface area contributed by atoms with Crippen molar-refractivity contribution in [2.75, 3.05) is 42.8 Å². The largest absolute Gasteiger partial charge is 0.377 e. The van der Waals surface area contributed by atoms with Crippen LogP contribution in [0.4, 0.5) is 16.3 Å². The third-order valence-electron chi connectivity index (χ3n) is 6.97. The molecule has 10 nitrogen and oxygen atoms in total. The fraction of sp³-hybridized carbons (Fsp3) is 0.542. The highest BCUT2D eigenvalue weighted by atomic mass is 32.2. The van der Waals surface area contributed by atoms with Gasteiger partial charge in [-0.15, -0.1) is 0 Å². The molecule has 11 heteroatoms. The number of urea groups is 1. The molecule has 0 unspecified atom stereocenters. The number of carbonyl (C=O) groups is 1. The SMILES string of the molecule is CCNC(=O)Nc1ccc(-c2nc3c(c(N4CCOC[C@@H]4C)n2)C[C@@H]2CC[C@H]3N2S(C)(=O)=O)cc1. The van der Waals surface area contributed by atoms with Gasteiger partial charge in [-0.3, -0.25) is 0 Å². The molecular formula is C24H32N6O4S. The Labute approximate surface area is 206 Å². The Hall–Kier alpha value is -2.76. The zero-order valence-electron chi connectivity index (χ0n) is 20.3. The number of sulfonamides is 1. The number of amides is 2. The van der Waals surface area contributed by atoms with E-state index in [1.165, 1.54) is 6.26 Å². The van der Waals surface area contributed by atoms with Crippen LogP contribution in [-0.4, -0.2) is 73.4 Å². The molecule has 2 N–H and O–H groups in total. The second kappa shape index (κ2) is 9.36. The van der Waals surface area contributed by atoms with Gasteiger partial charge in [-0.1, -0.05) is 0 Å². The van der Waals surface area contributed by atoms with E-state index in [4.69, 9.17) is 14.7 Å². The number of carbonyl (C=O) groups excluding carboxylic acids is 1. The molecule has 0 spiro atoms. The normalized spacial score (nSPS) is 24.2. The van der Waals surface area contributed by atoms with Crippen molar-refractivity contribution >= 4 is 27.6 Å². The van der Waals surface area contributed by atoms with E-state index in [2.05, 4.69) is 22.5 Å². The van der Waals surface area contributed by atoms with Crippen LogP contribution >= 0.6 is 0 Å². The van der Waals surface area contributed by atoms with Gasteiger partial charge < -0.3 is 20.3 Å². The molecule has 188 valence electrons. The molecule has 3 aliphatic rings. The third kappa shape index (κ3) is 4.60. The first-order valence-corrected chi connectivity index (χ1v) is 14.0. The van der Waals surface area contributed by atoms with Gasteiger partial charge in [-0.05, 0) is 57.4 Å². The van der Waals surface area contributed by atoms with Crippen LogP contribution < -0.4 is 15.5 Å². The number of ether oxygens (including phenoxy) is 1. The lowest BCUT2D eigenvalue weighted by molar-refractivity contribution is 0.0983. The van der Waals surface area contributed by atoms with Crippen molar-refractivity contribution in [3.05, 3.63) is 35.5 Å². The number of nitrogens with one attached hydrogen (secondary N) is 2. The minimum absolute atomic E-state index is 0.0494. The van der Waals surface area contributed by atoms with Gasteiger partial charge >= 0.3 is 6.03 Å². The molecule has 2 aromatic rings. The molecular weight excluding hydrogens is 468 g/mol. The van der Waals surface area contributed by atoms with Crippen molar-refractivity contribution in [3.63, 3.8) is 0 Å². The Bertz CT molecular complexity index is 1220. The fourth-order valence-electron chi connectivity index (χ4n) is 5.45. The molecule has 3 atom stereocenters. The lowest BCUT2D eigenvalue weighted by atomic mass is 9.99. The molecule has 5 rings (SSSR count). The zero-order valence-corrected chi connectivity index (χ0v) is 21.1. The molecule has 2 saturated heterocycles. The number of hydrogen-bond donors (Lipinski definition) is 2. The molecule has 0 aliphatic carbocycles. The van der Waals surface area contributed by atoms with Crippen molar-refractivity contribution in [1.29, 1.82) is 0 Å². The highest BCUT2D eigenvalue weighted by Crippen LogP contribution is 2.47. The van der Waals surface area contributed by atoms with Crippen LogP contribution in [-0.2, 0) is 21.2 Å². The summed E-state index contributed by atoms with van der Waals surface area (Å²) in [6.45, 7) is 6.50. The van der Waals surface area contributed by atoms with Gasteiger partial charge in [0.1, 0.15) is 5.82 Å². The maximum atomic E-state index is 12.6. The molecule has 0 saturated carbocycles. The molecule has 1 aromatic heterocycles. The Kier molecular flexibility index (Phi) is 6.41. The quantitative estimate of drug-likeness (QED) is 0.648. The van der Waals surface area contributed by atoms with E-state index < -0.39 is 10.0 Å². The number of morpholine rings is 1. The molecule has 0 radical (unpaired) electrons. The zero-order chi connectivity index (χ0) is 24.7. The first kappa shape index (κ1) is 24.0. The Morgan fingerprint density at radius 1 is 1.20 bits per heavy atom. The Morgan fingerprint density at radius 3 is 2.66 bits per heavy atom. The number of hydrogen-bond acceptors (Lipinski definition) is 7. The summed E-state index contributed by atoms with van der Waals surface area (Å²) >= 11 is 0. The van der Waals surface area contributed by atoms with E-state index in [1.54, 1.807) is 4.31 Å². The summed E-state index contributed by atoms with van der Waals surface area (Å²) in [4.78, 5) is 24.1. The summed E-state index contributed by atoms with van der Waals surface area (Å²) in [6.07, 6.45) is 3.49. The number of nitrogens with zero attached hydrogens (tertiary/aromatic N) is 4. The molecule has 35 heavy (non-hydrogen) atoms. The molecule has 3 aliphatic heterocycles. The van der Waals surface area contributed by atoms with Gasteiger partial charge in [-0.2, -0.15) is 4.31 Å². The third-order valence-corrected chi connectivity index (χ3v) is 8.29. The van der Waals surface area contributed by atoms with Gasteiger partial charge in [0.05, 0.1) is 37.2 Å². The first-order valence-electron chi connectivity index (χ1n) is 12.1. The van der Waals surface area contributed by atoms with Crippen molar-refractivity contribution in [2.45, 2.75) is 51.2 Å². The molecule has 1 aromatic carbocycles. The molecule has 4 heterocycles. The maximum Gasteiger partial charge on any atom is 0.319 e. The second-order valence-electron chi connectivity index (χ2n) is 9.46. The minimum atomic E-state index is -3.36. The van der Waals surface area contributed by atoms with Crippen LogP contribution in [0.3, 0.4) is 0 Å². The second-order valence-corrected chi connectivity index (χ2v) is 11.3. The van der Waals surface area contributed by atoms with Gasteiger partial charge in [0.15, 0.2) is 5.82 Å². The van der Waals surface area contributed by atoms with Crippen LogP contribution in [0, 0.1) is 0 Å². The predicted octanol–water partition coefficient (Wildman–Crippen LogP) is 2.53.